The van der Waals surface area contributed by atoms with Crippen molar-refractivity contribution in [2.24, 2.45) is 0 Å². The molecule has 7 heteroatoms. The van der Waals surface area contributed by atoms with Crippen LogP contribution in [0.5, 0.6) is 0 Å². The fraction of sp³-hybridized carbons (Fsp3) is 0.643. The van der Waals surface area contributed by atoms with Crippen molar-refractivity contribution in [3.8, 4) is 0 Å². The van der Waals surface area contributed by atoms with E-state index in [0.717, 1.165) is 26.2 Å². The van der Waals surface area contributed by atoms with E-state index in [9.17, 15) is 4.79 Å². The zero-order chi connectivity index (χ0) is 15.2. The van der Waals surface area contributed by atoms with Crippen LogP contribution in [-0.4, -0.2) is 64.8 Å². The van der Waals surface area contributed by atoms with Gasteiger partial charge in [-0.25, -0.2) is 9.48 Å². The number of morpholine rings is 1. The Hall–Kier alpha value is -1.73. The van der Waals surface area contributed by atoms with Gasteiger partial charge in [-0.15, -0.1) is 5.10 Å². The summed E-state index contributed by atoms with van der Waals surface area (Å²) in [5, 5.41) is 7.94. The van der Waals surface area contributed by atoms with Crippen molar-refractivity contribution in [1.82, 2.24) is 19.9 Å². The van der Waals surface area contributed by atoms with Crippen LogP contribution in [0.25, 0.3) is 0 Å². The van der Waals surface area contributed by atoms with Crippen LogP contribution >= 0.6 is 0 Å². The second-order valence-corrected chi connectivity index (χ2v) is 4.98. The minimum Gasteiger partial charge on any atom is -0.457 e. The third kappa shape index (κ3) is 3.89. The summed E-state index contributed by atoms with van der Waals surface area (Å²) in [4.78, 5) is 14.1. The summed E-state index contributed by atoms with van der Waals surface area (Å²) in [6.07, 6.45) is 1.59. The van der Waals surface area contributed by atoms with Gasteiger partial charge in [0.25, 0.3) is 0 Å². The van der Waals surface area contributed by atoms with Crippen molar-refractivity contribution < 1.29 is 14.3 Å². The molecule has 0 bridgehead atoms. The smallest absolute Gasteiger partial charge is 0.361 e. The summed E-state index contributed by atoms with van der Waals surface area (Å²) < 4.78 is 12.4. The van der Waals surface area contributed by atoms with E-state index < -0.39 is 5.97 Å². The van der Waals surface area contributed by atoms with Gasteiger partial charge in [-0.05, 0) is 13.5 Å². The standard InChI is InChI=1S/C14H22N4O3/c1-4-7-21-14(19)13-11(3)18(16-15-13)10-12-9-17(5-2)6-8-20-12/h4,12H,1,5-10H2,2-3H3. The van der Waals surface area contributed by atoms with Gasteiger partial charge in [0.05, 0.1) is 24.9 Å². The predicted octanol–water partition coefficient (Wildman–Crippen LogP) is 0.650. The first kappa shape index (κ1) is 15.7. The summed E-state index contributed by atoms with van der Waals surface area (Å²) in [5.74, 6) is -0.474. The minimum absolute atomic E-state index is 0.0659. The Morgan fingerprint density at radius 3 is 3.14 bits per heavy atom. The van der Waals surface area contributed by atoms with E-state index >= 15 is 0 Å². The van der Waals surface area contributed by atoms with Crippen molar-refractivity contribution in [3.05, 3.63) is 24.0 Å². The lowest BCUT2D eigenvalue weighted by Crippen LogP contribution is -2.44. The van der Waals surface area contributed by atoms with Crippen LogP contribution in [0.2, 0.25) is 0 Å². The monoisotopic (exact) mass is 294 g/mol. The van der Waals surface area contributed by atoms with Crippen molar-refractivity contribution in [2.45, 2.75) is 26.5 Å². The van der Waals surface area contributed by atoms with Gasteiger partial charge >= 0.3 is 5.97 Å². The molecule has 2 heterocycles. The molecule has 1 aliphatic rings. The second-order valence-electron chi connectivity index (χ2n) is 4.98. The molecular formula is C14H22N4O3. The lowest BCUT2D eigenvalue weighted by atomic mass is 10.2. The summed E-state index contributed by atoms with van der Waals surface area (Å²) in [6, 6.07) is 0. The van der Waals surface area contributed by atoms with E-state index in [1.54, 1.807) is 4.68 Å². The number of hydrogen-bond acceptors (Lipinski definition) is 6. The first-order chi connectivity index (χ1) is 10.2. The van der Waals surface area contributed by atoms with E-state index in [0.29, 0.717) is 12.2 Å². The van der Waals surface area contributed by atoms with Crippen molar-refractivity contribution >= 4 is 5.97 Å². The zero-order valence-corrected chi connectivity index (χ0v) is 12.6. The molecule has 2 rings (SSSR count). The summed E-state index contributed by atoms with van der Waals surface area (Å²) >= 11 is 0. The maximum Gasteiger partial charge on any atom is 0.361 e. The highest BCUT2D eigenvalue weighted by Gasteiger charge is 2.23. The molecule has 7 nitrogen and oxygen atoms in total. The number of ether oxygens (including phenoxy) is 2. The van der Waals surface area contributed by atoms with Crippen LogP contribution in [0.3, 0.4) is 0 Å². The normalized spacial score (nSPS) is 19.4. The molecule has 0 aromatic carbocycles. The van der Waals surface area contributed by atoms with Crippen LogP contribution in [0.15, 0.2) is 12.7 Å². The molecule has 0 radical (unpaired) electrons. The number of aromatic nitrogens is 3. The van der Waals surface area contributed by atoms with Gasteiger partial charge in [0.15, 0.2) is 5.69 Å². The van der Waals surface area contributed by atoms with Gasteiger partial charge in [-0.3, -0.25) is 4.90 Å². The third-order valence-corrected chi connectivity index (χ3v) is 3.55. The Balaban J connectivity index is 1.99. The largest absolute Gasteiger partial charge is 0.457 e. The third-order valence-electron chi connectivity index (χ3n) is 3.55. The lowest BCUT2D eigenvalue weighted by Gasteiger charge is -2.32. The maximum atomic E-state index is 11.8. The summed E-state index contributed by atoms with van der Waals surface area (Å²) in [5.41, 5.74) is 0.946. The van der Waals surface area contributed by atoms with E-state index in [1.165, 1.54) is 6.08 Å². The number of rotatable bonds is 6. The van der Waals surface area contributed by atoms with Gasteiger partial charge in [0.1, 0.15) is 6.61 Å². The first-order valence-corrected chi connectivity index (χ1v) is 7.17. The van der Waals surface area contributed by atoms with Crippen molar-refractivity contribution in [1.29, 1.82) is 0 Å². The molecule has 0 N–H and O–H groups in total. The minimum atomic E-state index is -0.474. The molecule has 1 aliphatic heterocycles. The Morgan fingerprint density at radius 1 is 1.62 bits per heavy atom. The molecule has 0 amide bonds. The molecule has 21 heavy (non-hydrogen) atoms. The van der Waals surface area contributed by atoms with Crippen molar-refractivity contribution in [2.75, 3.05) is 32.8 Å². The van der Waals surface area contributed by atoms with E-state index in [-0.39, 0.29) is 18.4 Å². The van der Waals surface area contributed by atoms with Crippen LogP contribution in [-0.2, 0) is 16.0 Å². The molecule has 1 aromatic heterocycles. The second kappa shape index (κ2) is 7.33. The van der Waals surface area contributed by atoms with Gasteiger partial charge in [-0.1, -0.05) is 24.8 Å². The van der Waals surface area contributed by atoms with Gasteiger partial charge in [-0.2, -0.15) is 0 Å². The molecule has 0 aliphatic carbocycles. The molecule has 1 fully saturated rings. The number of hydrogen-bond donors (Lipinski definition) is 0. The lowest BCUT2D eigenvalue weighted by molar-refractivity contribution is -0.0362. The summed E-state index contributed by atoms with van der Waals surface area (Å²) in [7, 11) is 0. The fourth-order valence-corrected chi connectivity index (χ4v) is 2.30. The van der Waals surface area contributed by atoms with Crippen LogP contribution in [0.4, 0.5) is 0 Å². The Labute approximate surface area is 124 Å². The SMILES string of the molecule is C=CCOC(=O)c1nnn(CC2CN(CC)CCO2)c1C. The molecular weight excluding hydrogens is 272 g/mol. The van der Waals surface area contributed by atoms with E-state index in [1.807, 2.05) is 6.92 Å². The first-order valence-electron chi connectivity index (χ1n) is 7.17. The quantitative estimate of drug-likeness (QED) is 0.567. The highest BCUT2D eigenvalue weighted by Crippen LogP contribution is 2.11. The molecule has 1 unspecified atom stereocenters. The Morgan fingerprint density at radius 2 is 2.43 bits per heavy atom. The van der Waals surface area contributed by atoms with Crippen LogP contribution in [0, 0.1) is 6.92 Å². The molecule has 1 saturated heterocycles. The molecule has 116 valence electrons. The number of carbonyl (C=O) groups is 1. The highest BCUT2D eigenvalue weighted by atomic mass is 16.5. The zero-order valence-electron chi connectivity index (χ0n) is 12.6. The maximum absolute atomic E-state index is 11.8. The fourth-order valence-electron chi connectivity index (χ4n) is 2.30. The molecule has 1 atom stereocenters. The van der Waals surface area contributed by atoms with Crippen molar-refractivity contribution in [3.63, 3.8) is 0 Å². The molecule has 0 spiro atoms. The topological polar surface area (TPSA) is 69.5 Å². The number of esters is 1. The number of likely N-dealkylation sites (N-methyl/N-ethyl adjacent to an activating group) is 1. The summed E-state index contributed by atoms with van der Waals surface area (Å²) in [6.45, 7) is 11.8. The predicted molar refractivity (Wildman–Crippen MR) is 77.1 cm³/mol. The average Bonchev–Trinajstić information content (AvgIpc) is 2.86. The van der Waals surface area contributed by atoms with Gasteiger partial charge in [0.2, 0.25) is 0 Å². The van der Waals surface area contributed by atoms with E-state index in [4.69, 9.17) is 9.47 Å². The van der Waals surface area contributed by atoms with Gasteiger partial charge in [0, 0.05) is 13.1 Å². The number of carbonyl (C=O) groups excluding carboxylic acids is 1. The van der Waals surface area contributed by atoms with Crippen LogP contribution < -0.4 is 0 Å². The highest BCUT2D eigenvalue weighted by molar-refractivity contribution is 5.88. The van der Waals surface area contributed by atoms with Crippen LogP contribution in [0.1, 0.15) is 23.1 Å². The Bertz CT molecular complexity index is 500. The molecule has 1 aromatic rings. The average molecular weight is 294 g/mol. The molecule has 0 saturated carbocycles. The Kier molecular flexibility index (Phi) is 5.46. The number of nitrogens with zero attached hydrogens (tertiary/aromatic N) is 4. The van der Waals surface area contributed by atoms with E-state index in [2.05, 4.69) is 28.7 Å². The van der Waals surface area contributed by atoms with Gasteiger partial charge < -0.3 is 9.47 Å².